The molecule has 0 N–H and O–H groups in total. The van der Waals surface area contributed by atoms with Crippen LogP contribution in [0.3, 0.4) is 0 Å². The number of aromatic nitrogens is 1. The lowest BCUT2D eigenvalue weighted by Crippen LogP contribution is -2.28. The van der Waals surface area contributed by atoms with Gasteiger partial charge in [0.05, 0.1) is 17.6 Å². The summed E-state index contributed by atoms with van der Waals surface area (Å²) in [6, 6.07) is 6.24. The molecule has 0 amide bonds. The number of carbonyl (C=O) groups excluding carboxylic acids is 1. The van der Waals surface area contributed by atoms with Gasteiger partial charge in [-0.05, 0) is 43.5 Å². The van der Waals surface area contributed by atoms with Crippen molar-refractivity contribution in [2.75, 3.05) is 6.61 Å². The van der Waals surface area contributed by atoms with Gasteiger partial charge < -0.3 is 9.47 Å². The van der Waals surface area contributed by atoms with Crippen LogP contribution in [0.15, 0.2) is 36.5 Å². The van der Waals surface area contributed by atoms with Gasteiger partial charge in [-0.25, -0.2) is 14.2 Å². The number of benzene rings is 1. The van der Waals surface area contributed by atoms with Crippen molar-refractivity contribution in [3.05, 3.63) is 53.5 Å². The molecule has 4 nitrogen and oxygen atoms in total. The fraction of sp³-hybridized carbons (Fsp3) is 0.333. The van der Waals surface area contributed by atoms with Gasteiger partial charge in [0.1, 0.15) is 5.75 Å². The third-order valence-corrected chi connectivity index (χ3v) is 4.23. The zero-order valence-corrected chi connectivity index (χ0v) is 13.8. The van der Waals surface area contributed by atoms with Crippen LogP contribution in [0.25, 0.3) is 0 Å². The van der Waals surface area contributed by atoms with Crippen LogP contribution in [-0.2, 0) is 10.2 Å². The second-order valence-electron chi connectivity index (χ2n) is 5.94. The lowest BCUT2D eigenvalue weighted by molar-refractivity contribution is -0.160. The first-order chi connectivity index (χ1) is 12.3. The van der Waals surface area contributed by atoms with E-state index in [9.17, 15) is 22.4 Å². The lowest BCUT2D eigenvalue weighted by Gasteiger charge is -2.19. The molecule has 1 fully saturated rings. The Morgan fingerprint density at radius 3 is 2.38 bits per heavy atom. The van der Waals surface area contributed by atoms with E-state index >= 15 is 0 Å². The molecule has 0 bridgehead atoms. The normalized spacial score (nSPS) is 15.4. The van der Waals surface area contributed by atoms with Crippen LogP contribution in [0.1, 0.15) is 35.7 Å². The molecule has 2 aromatic rings. The van der Waals surface area contributed by atoms with E-state index in [1.54, 1.807) is 6.92 Å². The minimum absolute atomic E-state index is 0.0577. The number of pyridine rings is 1. The summed E-state index contributed by atoms with van der Waals surface area (Å²) >= 11 is 0. The molecular weight excluding hydrogens is 354 g/mol. The summed E-state index contributed by atoms with van der Waals surface area (Å²) in [5, 5.41) is 0. The SMILES string of the molecule is CCOC(=O)c1cnc(Oc2ccc(C3(C(F)(F)F)CC3)cc2)c(F)c1. The Kier molecular flexibility index (Phi) is 4.60. The predicted molar refractivity (Wildman–Crippen MR) is 83.6 cm³/mol. The monoisotopic (exact) mass is 369 g/mol. The Morgan fingerprint density at radius 1 is 1.23 bits per heavy atom. The minimum atomic E-state index is -4.30. The number of carbonyl (C=O) groups is 1. The molecule has 1 aliphatic carbocycles. The molecule has 0 unspecified atom stereocenters. The molecule has 1 aromatic carbocycles. The zero-order valence-electron chi connectivity index (χ0n) is 13.8. The van der Waals surface area contributed by atoms with Gasteiger partial charge in [0.2, 0.25) is 0 Å². The highest BCUT2D eigenvalue weighted by atomic mass is 19.4. The second-order valence-corrected chi connectivity index (χ2v) is 5.94. The number of rotatable bonds is 5. The molecule has 1 heterocycles. The van der Waals surface area contributed by atoms with Crippen molar-refractivity contribution in [3.63, 3.8) is 0 Å². The number of ether oxygens (including phenoxy) is 2. The number of hydrogen-bond donors (Lipinski definition) is 0. The summed E-state index contributed by atoms with van der Waals surface area (Å²) in [5.41, 5.74) is -1.69. The zero-order chi connectivity index (χ0) is 18.9. The predicted octanol–water partition coefficient (Wildman–Crippen LogP) is 4.78. The van der Waals surface area contributed by atoms with Crippen molar-refractivity contribution >= 4 is 5.97 Å². The molecule has 0 saturated heterocycles. The van der Waals surface area contributed by atoms with E-state index in [-0.39, 0.29) is 42.2 Å². The van der Waals surface area contributed by atoms with Gasteiger partial charge in [-0.15, -0.1) is 0 Å². The van der Waals surface area contributed by atoms with E-state index in [0.717, 1.165) is 12.3 Å². The van der Waals surface area contributed by atoms with Gasteiger partial charge in [0.25, 0.3) is 5.88 Å². The fourth-order valence-corrected chi connectivity index (χ4v) is 2.64. The molecule has 1 saturated carbocycles. The maximum atomic E-state index is 14.0. The average molecular weight is 369 g/mol. The van der Waals surface area contributed by atoms with Crippen molar-refractivity contribution in [2.45, 2.75) is 31.4 Å². The van der Waals surface area contributed by atoms with Crippen LogP contribution >= 0.6 is 0 Å². The molecule has 0 aliphatic heterocycles. The molecule has 1 aliphatic rings. The maximum Gasteiger partial charge on any atom is 0.398 e. The topological polar surface area (TPSA) is 48.4 Å². The molecule has 8 heteroatoms. The first kappa shape index (κ1) is 18.2. The van der Waals surface area contributed by atoms with E-state index in [2.05, 4.69) is 4.98 Å². The number of alkyl halides is 3. The van der Waals surface area contributed by atoms with Crippen molar-refractivity contribution in [1.82, 2.24) is 4.98 Å². The summed E-state index contributed by atoms with van der Waals surface area (Å²) in [7, 11) is 0. The minimum Gasteiger partial charge on any atom is -0.462 e. The number of nitrogens with zero attached hydrogens (tertiary/aromatic N) is 1. The highest BCUT2D eigenvalue weighted by Crippen LogP contribution is 2.58. The van der Waals surface area contributed by atoms with E-state index in [4.69, 9.17) is 9.47 Å². The van der Waals surface area contributed by atoms with E-state index in [1.807, 2.05) is 0 Å². The van der Waals surface area contributed by atoms with Crippen molar-refractivity contribution < 1.29 is 31.8 Å². The highest BCUT2D eigenvalue weighted by molar-refractivity contribution is 5.89. The number of hydrogen-bond acceptors (Lipinski definition) is 4. The molecule has 0 radical (unpaired) electrons. The summed E-state index contributed by atoms with van der Waals surface area (Å²) in [6.07, 6.45) is -3.08. The van der Waals surface area contributed by atoms with Crippen LogP contribution in [0.4, 0.5) is 17.6 Å². The van der Waals surface area contributed by atoms with Crippen molar-refractivity contribution in [3.8, 4) is 11.6 Å². The fourth-order valence-electron chi connectivity index (χ4n) is 2.64. The summed E-state index contributed by atoms with van der Waals surface area (Å²) < 4.78 is 63.4. The van der Waals surface area contributed by atoms with Crippen molar-refractivity contribution in [1.29, 1.82) is 0 Å². The summed E-state index contributed by atoms with van der Waals surface area (Å²) in [5.74, 6) is -1.84. The van der Waals surface area contributed by atoms with Gasteiger partial charge in [-0.3, -0.25) is 0 Å². The van der Waals surface area contributed by atoms with Crippen molar-refractivity contribution in [2.24, 2.45) is 0 Å². The maximum absolute atomic E-state index is 14.0. The Bertz CT molecular complexity index is 814. The smallest absolute Gasteiger partial charge is 0.398 e. The van der Waals surface area contributed by atoms with Gasteiger partial charge in [-0.1, -0.05) is 12.1 Å². The molecule has 0 atom stereocenters. The van der Waals surface area contributed by atoms with Gasteiger partial charge >= 0.3 is 12.1 Å². The van der Waals surface area contributed by atoms with Gasteiger partial charge in [-0.2, -0.15) is 13.2 Å². The van der Waals surface area contributed by atoms with Crippen LogP contribution in [0.2, 0.25) is 0 Å². The molecule has 26 heavy (non-hydrogen) atoms. The highest BCUT2D eigenvalue weighted by Gasteiger charge is 2.64. The van der Waals surface area contributed by atoms with Gasteiger partial charge in [0.15, 0.2) is 5.82 Å². The third-order valence-electron chi connectivity index (χ3n) is 4.23. The molecule has 138 valence electrons. The standard InChI is InChI=1S/C18H15F4NO3/c1-2-25-16(24)11-9-14(19)15(23-10-11)26-13-5-3-12(4-6-13)17(7-8-17)18(20,21)22/h3-6,9-10H,2,7-8H2,1H3. The Labute approximate surface area is 146 Å². The van der Waals surface area contributed by atoms with E-state index in [1.165, 1.54) is 24.3 Å². The Balaban J connectivity index is 1.75. The molecule has 3 rings (SSSR count). The largest absolute Gasteiger partial charge is 0.462 e. The molecular formula is C18H15F4NO3. The van der Waals surface area contributed by atoms with Crippen LogP contribution in [0, 0.1) is 5.82 Å². The van der Waals surface area contributed by atoms with E-state index < -0.39 is 23.4 Å². The average Bonchev–Trinajstić information content (AvgIpc) is 3.39. The molecule has 1 aromatic heterocycles. The first-order valence-electron chi connectivity index (χ1n) is 7.94. The number of halogens is 4. The first-order valence-corrected chi connectivity index (χ1v) is 7.94. The van der Waals surface area contributed by atoms with Crippen LogP contribution in [-0.4, -0.2) is 23.7 Å². The lowest BCUT2D eigenvalue weighted by atomic mass is 9.95. The van der Waals surface area contributed by atoms with E-state index in [0.29, 0.717) is 0 Å². The quantitative estimate of drug-likeness (QED) is 0.562. The summed E-state index contributed by atoms with van der Waals surface area (Å²) in [4.78, 5) is 15.2. The Morgan fingerprint density at radius 2 is 1.88 bits per heavy atom. The summed E-state index contributed by atoms with van der Waals surface area (Å²) in [6.45, 7) is 1.76. The Hall–Kier alpha value is -2.64. The third kappa shape index (κ3) is 3.36. The number of esters is 1. The van der Waals surface area contributed by atoms with Crippen LogP contribution in [0.5, 0.6) is 11.6 Å². The molecule has 0 spiro atoms. The van der Waals surface area contributed by atoms with Gasteiger partial charge in [0, 0.05) is 6.20 Å². The van der Waals surface area contributed by atoms with Crippen LogP contribution < -0.4 is 4.74 Å². The second kappa shape index (κ2) is 6.59.